The highest BCUT2D eigenvalue weighted by atomic mass is 16.5. The third kappa shape index (κ3) is 4.02. The zero-order valence-corrected chi connectivity index (χ0v) is 14.9. The number of hydrogen-bond donors (Lipinski definition) is 0. The van der Waals surface area contributed by atoms with Crippen LogP contribution in [0.5, 0.6) is 23.0 Å². The van der Waals surface area contributed by atoms with Gasteiger partial charge in [-0.1, -0.05) is 19.1 Å². The first-order chi connectivity index (χ1) is 11.6. The topological polar surface area (TPSA) is 36.9 Å². The molecule has 0 spiro atoms. The molecule has 0 saturated heterocycles. The van der Waals surface area contributed by atoms with Gasteiger partial charge in [-0.05, 0) is 41.8 Å². The zero-order chi connectivity index (χ0) is 17.5. The summed E-state index contributed by atoms with van der Waals surface area (Å²) in [6, 6.07) is 9.77. The molecule has 4 nitrogen and oxygen atoms in total. The molecule has 2 aromatic rings. The van der Waals surface area contributed by atoms with E-state index in [4.69, 9.17) is 18.9 Å². The fraction of sp³-hybridized carbons (Fsp3) is 0.300. The molecule has 0 atom stereocenters. The van der Waals surface area contributed by atoms with Crippen molar-refractivity contribution < 1.29 is 18.9 Å². The molecule has 128 valence electrons. The Morgan fingerprint density at radius 2 is 1.12 bits per heavy atom. The van der Waals surface area contributed by atoms with E-state index in [-0.39, 0.29) is 0 Å². The molecule has 0 aliphatic carbocycles. The SMILES string of the molecule is CCc1c(OC)cc(/C=C/c2cc(OC)cc(OC)c2)cc1OC. The second-order valence-corrected chi connectivity index (χ2v) is 5.24. The van der Waals surface area contributed by atoms with E-state index in [1.807, 2.05) is 42.5 Å². The maximum absolute atomic E-state index is 5.49. The standard InChI is InChI=1S/C20H24O4/c1-6-18-19(23-4)11-15(12-20(18)24-5)8-7-14-9-16(21-2)13-17(10-14)22-3/h7-13H,6H2,1-5H3/b8-7+. The summed E-state index contributed by atoms with van der Waals surface area (Å²) in [5.41, 5.74) is 3.06. The zero-order valence-electron chi connectivity index (χ0n) is 14.9. The first kappa shape index (κ1) is 17.7. The minimum absolute atomic E-state index is 0.755. The Bertz CT molecular complexity index is 672. The first-order valence-corrected chi connectivity index (χ1v) is 7.81. The maximum Gasteiger partial charge on any atom is 0.126 e. The summed E-state index contributed by atoms with van der Waals surface area (Å²) < 4.78 is 21.6. The van der Waals surface area contributed by atoms with Gasteiger partial charge >= 0.3 is 0 Å². The van der Waals surface area contributed by atoms with Gasteiger partial charge in [0.2, 0.25) is 0 Å². The van der Waals surface area contributed by atoms with Crippen LogP contribution in [-0.2, 0) is 6.42 Å². The second-order valence-electron chi connectivity index (χ2n) is 5.24. The monoisotopic (exact) mass is 328 g/mol. The minimum Gasteiger partial charge on any atom is -0.497 e. The summed E-state index contributed by atoms with van der Waals surface area (Å²) in [6.45, 7) is 2.08. The Hall–Kier alpha value is -2.62. The second kappa shape index (κ2) is 8.29. The van der Waals surface area contributed by atoms with Crippen LogP contribution >= 0.6 is 0 Å². The number of hydrogen-bond acceptors (Lipinski definition) is 4. The van der Waals surface area contributed by atoms with Crippen molar-refractivity contribution in [1.29, 1.82) is 0 Å². The van der Waals surface area contributed by atoms with Crippen molar-refractivity contribution in [2.75, 3.05) is 28.4 Å². The minimum atomic E-state index is 0.755. The summed E-state index contributed by atoms with van der Waals surface area (Å²) in [4.78, 5) is 0. The summed E-state index contributed by atoms with van der Waals surface area (Å²) >= 11 is 0. The van der Waals surface area contributed by atoms with Crippen molar-refractivity contribution >= 4 is 12.2 Å². The Labute approximate surface area is 143 Å². The van der Waals surface area contributed by atoms with Gasteiger partial charge in [0.15, 0.2) is 0 Å². The number of benzene rings is 2. The van der Waals surface area contributed by atoms with Gasteiger partial charge in [0, 0.05) is 11.6 Å². The highest BCUT2D eigenvalue weighted by Gasteiger charge is 2.09. The Balaban J connectivity index is 2.38. The Kier molecular flexibility index (Phi) is 6.13. The molecule has 0 N–H and O–H groups in total. The van der Waals surface area contributed by atoms with Crippen molar-refractivity contribution in [1.82, 2.24) is 0 Å². The predicted molar refractivity (Wildman–Crippen MR) is 97.4 cm³/mol. The van der Waals surface area contributed by atoms with E-state index in [1.54, 1.807) is 28.4 Å². The molecule has 0 bridgehead atoms. The van der Waals surface area contributed by atoms with E-state index >= 15 is 0 Å². The molecule has 0 aromatic heterocycles. The molecule has 0 radical (unpaired) electrons. The molecule has 0 fully saturated rings. The normalized spacial score (nSPS) is 10.7. The van der Waals surface area contributed by atoms with E-state index in [0.29, 0.717) is 0 Å². The lowest BCUT2D eigenvalue weighted by Crippen LogP contribution is -1.96. The largest absolute Gasteiger partial charge is 0.497 e. The van der Waals surface area contributed by atoms with Crippen molar-refractivity contribution in [2.45, 2.75) is 13.3 Å². The van der Waals surface area contributed by atoms with Crippen molar-refractivity contribution in [3.63, 3.8) is 0 Å². The van der Waals surface area contributed by atoms with Gasteiger partial charge in [-0.3, -0.25) is 0 Å². The van der Waals surface area contributed by atoms with Gasteiger partial charge in [0.1, 0.15) is 23.0 Å². The number of ether oxygens (including phenoxy) is 4. The molecule has 0 unspecified atom stereocenters. The smallest absolute Gasteiger partial charge is 0.126 e. The van der Waals surface area contributed by atoms with E-state index in [9.17, 15) is 0 Å². The van der Waals surface area contributed by atoms with E-state index in [0.717, 1.165) is 46.1 Å². The summed E-state index contributed by atoms with van der Waals surface area (Å²) in [5, 5.41) is 0. The molecular weight excluding hydrogens is 304 g/mol. The van der Waals surface area contributed by atoms with Gasteiger partial charge < -0.3 is 18.9 Å². The van der Waals surface area contributed by atoms with Crippen LogP contribution < -0.4 is 18.9 Å². The van der Waals surface area contributed by atoms with Crippen LogP contribution in [0, 0.1) is 0 Å². The molecular formula is C20H24O4. The lowest BCUT2D eigenvalue weighted by Gasteiger charge is -2.13. The van der Waals surface area contributed by atoms with Crippen LogP contribution in [0.15, 0.2) is 30.3 Å². The molecule has 4 heteroatoms. The quantitative estimate of drug-likeness (QED) is 0.704. The van der Waals surface area contributed by atoms with Gasteiger partial charge in [0.25, 0.3) is 0 Å². The lowest BCUT2D eigenvalue weighted by molar-refractivity contribution is 0.386. The Morgan fingerprint density at radius 3 is 1.50 bits per heavy atom. The highest BCUT2D eigenvalue weighted by molar-refractivity contribution is 5.73. The molecule has 0 aliphatic heterocycles. The third-order valence-electron chi connectivity index (χ3n) is 3.83. The summed E-state index contributed by atoms with van der Waals surface area (Å²) in [5.74, 6) is 3.18. The van der Waals surface area contributed by atoms with Crippen molar-refractivity contribution in [3.05, 3.63) is 47.0 Å². The average molecular weight is 328 g/mol. The summed E-state index contributed by atoms with van der Waals surface area (Å²) in [7, 11) is 6.63. The van der Waals surface area contributed by atoms with E-state index in [2.05, 4.69) is 6.92 Å². The van der Waals surface area contributed by atoms with Crippen LogP contribution in [0.2, 0.25) is 0 Å². The molecule has 0 amide bonds. The summed E-state index contributed by atoms with van der Waals surface area (Å²) in [6.07, 6.45) is 4.87. The van der Waals surface area contributed by atoms with Crippen LogP contribution in [0.1, 0.15) is 23.6 Å². The Morgan fingerprint density at radius 1 is 0.667 bits per heavy atom. The van der Waals surface area contributed by atoms with Crippen molar-refractivity contribution in [3.8, 4) is 23.0 Å². The van der Waals surface area contributed by atoms with Gasteiger partial charge in [0.05, 0.1) is 28.4 Å². The third-order valence-corrected chi connectivity index (χ3v) is 3.83. The average Bonchev–Trinajstić information content (AvgIpc) is 2.64. The maximum atomic E-state index is 5.49. The fourth-order valence-electron chi connectivity index (χ4n) is 2.57. The molecule has 24 heavy (non-hydrogen) atoms. The predicted octanol–water partition coefficient (Wildman–Crippen LogP) is 4.45. The van der Waals surface area contributed by atoms with E-state index < -0.39 is 0 Å². The fourth-order valence-corrected chi connectivity index (χ4v) is 2.57. The van der Waals surface area contributed by atoms with E-state index in [1.165, 1.54) is 0 Å². The number of methoxy groups -OCH3 is 4. The molecule has 0 aliphatic rings. The van der Waals surface area contributed by atoms with Gasteiger partial charge in [-0.25, -0.2) is 0 Å². The molecule has 0 saturated carbocycles. The molecule has 2 aromatic carbocycles. The first-order valence-electron chi connectivity index (χ1n) is 7.81. The van der Waals surface area contributed by atoms with Crippen LogP contribution in [-0.4, -0.2) is 28.4 Å². The van der Waals surface area contributed by atoms with Gasteiger partial charge in [-0.2, -0.15) is 0 Å². The molecule has 0 heterocycles. The van der Waals surface area contributed by atoms with Crippen molar-refractivity contribution in [2.24, 2.45) is 0 Å². The number of rotatable bonds is 7. The van der Waals surface area contributed by atoms with Crippen LogP contribution in [0.3, 0.4) is 0 Å². The highest BCUT2D eigenvalue weighted by Crippen LogP contribution is 2.32. The molecule has 2 rings (SSSR count). The van der Waals surface area contributed by atoms with Crippen LogP contribution in [0.4, 0.5) is 0 Å². The van der Waals surface area contributed by atoms with Crippen LogP contribution in [0.25, 0.3) is 12.2 Å². The van der Waals surface area contributed by atoms with Gasteiger partial charge in [-0.15, -0.1) is 0 Å². The lowest BCUT2D eigenvalue weighted by atomic mass is 10.0.